The van der Waals surface area contributed by atoms with Crippen LogP contribution in [0.2, 0.25) is 0 Å². The first-order valence-corrected chi connectivity index (χ1v) is 21.7. The number of hydrogen-bond donors (Lipinski definition) is 8. The van der Waals surface area contributed by atoms with Crippen molar-refractivity contribution in [3.63, 3.8) is 0 Å². The van der Waals surface area contributed by atoms with Crippen LogP contribution in [-0.2, 0) is 40.5 Å². The molecule has 59 heavy (non-hydrogen) atoms. The molecule has 0 spiro atoms. The Morgan fingerprint density at radius 1 is 0.508 bits per heavy atom. The second-order valence-electron chi connectivity index (χ2n) is 12.7. The third-order valence-corrected chi connectivity index (χ3v) is 12.5. The van der Waals surface area contributed by atoms with E-state index in [0.29, 0.717) is 34.6 Å². The summed E-state index contributed by atoms with van der Waals surface area (Å²) in [4.78, 5) is 22.6. The maximum Gasteiger partial charge on any atom is 1.00 e. The number of anilines is 4. The molecule has 0 saturated heterocycles. The maximum absolute atomic E-state index is 13.4. The van der Waals surface area contributed by atoms with E-state index >= 15 is 0 Å². The third kappa shape index (κ3) is 8.78. The smallest absolute Gasteiger partial charge is 0.397 e. The van der Waals surface area contributed by atoms with Crippen molar-refractivity contribution in [3.05, 3.63) is 94.1 Å². The molecule has 25 heteroatoms. The molecule has 0 aliphatic heterocycles. The van der Waals surface area contributed by atoms with Gasteiger partial charge >= 0.3 is 29.6 Å². The van der Waals surface area contributed by atoms with Crippen LogP contribution in [0.15, 0.2) is 90.5 Å². The van der Waals surface area contributed by atoms with E-state index in [1.165, 1.54) is 0 Å². The Bertz CT molecular complexity index is 2930. The zero-order chi connectivity index (χ0) is 42.9. The average molecular weight is 896 g/mol. The van der Waals surface area contributed by atoms with Crippen molar-refractivity contribution in [1.82, 2.24) is 0 Å². The maximum atomic E-state index is 13.4. The van der Waals surface area contributed by atoms with E-state index < -0.39 is 105 Å². The van der Waals surface area contributed by atoms with Gasteiger partial charge in [0.1, 0.15) is 31.0 Å². The number of nitrogens with one attached hydrogen (secondary N) is 2. The van der Waals surface area contributed by atoms with Crippen molar-refractivity contribution in [1.29, 1.82) is 0 Å². The molecule has 0 fully saturated rings. The molecule has 0 saturated carbocycles. The molecular formula is C34H28N6NaO14S4+. The Morgan fingerprint density at radius 3 is 1.12 bits per heavy atom. The van der Waals surface area contributed by atoms with Crippen LogP contribution in [0.4, 0.5) is 22.7 Å². The third-order valence-electron chi connectivity index (χ3n) is 8.89. The van der Waals surface area contributed by atoms with Crippen LogP contribution in [-0.4, -0.2) is 74.9 Å². The minimum atomic E-state index is -5.12. The number of Topliss-reactive ketones (excluding diaryl/α,β-unsaturated/α-hetero) is 2. The van der Waals surface area contributed by atoms with Crippen molar-refractivity contribution in [3.8, 4) is 11.1 Å². The number of benzene rings is 4. The zero-order valence-corrected chi connectivity index (χ0v) is 35.7. The van der Waals surface area contributed by atoms with Gasteiger partial charge < -0.3 is 11.5 Å². The van der Waals surface area contributed by atoms with Crippen molar-refractivity contribution in [2.24, 2.45) is 10.2 Å². The molecule has 0 radical (unpaired) electrons. The zero-order valence-electron chi connectivity index (χ0n) is 30.5. The summed E-state index contributed by atoms with van der Waals surface area (Å²) in [7, 11) is -20.4. The Kier molecular flexibility index (Phi) is 12.1. The van der Waals surface area contributed by atoms with E-state index in [2.05, 4.69) is 21.1 Å². The van der Waals surface area contributed by atoms with E-state index in [0.717, 1.165) is 35.4 Å². The van der Waals surface area contributed by atoms with Crippen molar-refractivity contribution >= 4 is 98.4 Å². The van der Waals surface area contributed by atoms with E-state index in [-0.39, 0.29) is 41.0 Å². The minimum Gasteiger partial charge on any atom is -0.397 e. The molecule has 2 aliphatic rings. The Hall–Kier alpha value is -5.12. The van der Waals surface area contributed by atoms with Gasteiger partial charge in [-0.2, -0.15) is 43.9 Å². The average Bonchev–Trinajstić information content (AvgIpc) is 3.09. The number of nitrogens with zero attached hydrogens (tertiary/aromatic N) is 2. The van der Waals surface area contributed by atoms with Gasteiger partial charge in [-0.15, -0.1) is 0 Å². The summed E-state index contributed by atoms with van der Waals surface area (Å²) in [6.45, 7) is 3.45. The Labute approximate surface area is 358 Å². The topological polar surface area (TPSA) is 352 Å². The molecule has 0 amide bonds. The first-order chi connectivity index (χ1) is 26.8. The first-order valence-electron chi connectivity index (χ1n) is 16.0. The van der Waals surface area contributed by atoms with Crippen molar-refractivity contribution < 1.29 is 91.0 Å². The number of nitrogen functional groups attached to an aromatic ring is 2. The molecule has 10 N–H and O–H groups in total. The molecular weight excluding hydrogens is 868 g/mol. The molecule has 4 aromatic carbocycles. The Morgan fingerprint density at radius 2 is 0.831 bits per heavy atom. The van der Waals surface area contributed by atoms with Gasteiger partial charge in [0.25, 0.3) is 40.5 Å². The number of ketones is 2. The van der Waals surface area contributed by atoms with E-state index in [1.54, 1.807) is 50.2 Å². The predicted molar refractivity (Wildman–Crippen MR) is 211 cm³/mol. The van der Waals surface area contributed by atoms with Crippen LogP contribution in [0.1, 0.15) is 43.0 Å². The standard InChI is InChI=1S/C34H28N6O14S4.Na/c1-15-11-17(3-7-21(15)37-39-23-9-5-19-25(55(43,44)45)13-27(57(49,50)51)31(35)29(19)33(23)41)18-4-8-22(16(2)12-18)38-40-24-10-6-20-26(56(46,47)48)14-28(58(52,53)54)32(36)30(20)34(24)42;/h3-14,37-38H,35-36H2,1-2H3,(H,43,44,45)(H,46,47,48)(H,49,50,51)(H,52,53,54);/q;+1/b39-23+,40-24?;. The molecule has 0 unspecified atom stereocenters. The summed E-state index contributed by atoms with van der Waals surface area (Å²) in [5, 5.41) is 8.15. The predicted octanol–water partition coefficient (Wildman–Crippen LogP) is 0.481. The molecule has 6 rings (SSSR count). The quantitative estimate of drug-likeness (QED) is 0.0490. The molecule has 0 aromatic heterocycles. The summed E-state index contributed by atoms with van der Waals surface area (Å²) in [6.07, 6.45) is 4.44. The summed E-state index contributed by atoms with van der Waals surface area (Å²) in [6, 6.07) is 11.2. The summed E-state index contributed by atoms with van der Waals surface area (Å²) in [5.74, 6) is -2.01. The van der Waals surface area contributed by atoms with E-state index in [4.69, 9.17) is 11.5 Å². The van der Waals surface area contributed by atoms with Gasteiger partial charge in [-0.1, -0.05) is 24.3 Å². The second-order valence-corrected chi connectivity index (χ2v) is 18.2. The molecule has 0 bridgehead atoms. The van der Waals surface area contributed by atoms with Gasteiger partial charge in [-0.05, 0) is 84.7 Å². The van der Waals surface area contributed by atoms with E-state index in [1.807, 2.05) is 0 Å². The number of fused-ring (bicyclic) bond motifs is 2. The minimum absolute atomic E-state index is 0. The normalized spacial score (nSPS) is 15.5. The van der Waals surface area contributed by atoms with E-state index in [9.17, 15) is 61.5 Å². The first kappa shape index (κ1) is 45.0. The molecule has 0 atom stereocenters. The van der Waals surface area contributed by atoms with Crippen LogP contribution < -0.4 is 51.9 Å². The van der Waals surface area contributed by atoms with Crippen LogP contribution in [0.25, 0.3) is 23.3 Å². The van der Waals surface area contributed by atoms with Gasteiger partial charge in [0.15, 0.2) is 0 Å². The number of allylic oxidation sites excluding steroid dienone is 2. The van der Waals surface area contributed by atoms with Crippen LogP contribution in [0.5, 0.6) is 0 Å². The monoisotopic (exact) mass is 895 g/mol. The molecule has 4 aromatic rings. The number of hydrazone groups is 2. The van der Waals surface area contributed by atoms with Crippen molar-refractivity contribution in [2.75, 3.05) is 22.3 Å². The second kappa shape index (κ2) is 15.8. The van der Waals surface area contributed by atoms with Gasteiger partial charge in [0, 0.05) is 11.1 Å². The fraction of sp³-hybridized carbons (Fsp3) is 0.0588. The van der Waals surface area contributed by atoms with Gasteiger partial charge in [-0.3, -0.25) is 38.7 Å². The molecule has 0 heterocycles. The van der Waals surface area contributed by atoms with Gasteiger partial charge in [-0.25, -0.2) is 0 Å². The fourth-order valence-electron chi connectivity index (χ4n) is 6.09. The number of carbonyl (C=O) groups is 2. The van der Waals surface area contributed by atoms with Gasteiger partial charge in [0.2, 0.25) is 11.6 Å². The van der Waals surface area contributed by atoms with Crippen molar-refractivity contribution in [2.45, 2.75) is 33.4 Å². The Balaban J connectivity index is 0.00000661. The number of aryl methyl sites for hydroxylation is 2. The number of carbonyl (C=O) groups excluding carboxylic acids is 2. The molecule has 302 valence electrons. The summed E-state index contributed by atoms with van der Waals surface area (Å²) < 4.78 is 134. The number of hydrogen-bond acceptors (Lipinski definition) is 16. The van der Waals surface area contributed by atoms with Crippen LogP contribution in [0.3, 0.4) is 0 Å². The SMILES string of the molecule is Cc1cc(-c2ccc(N/N=C3\C=Cc4c(S(=O)(=O)O)cc(S(=O)(=O)O)c(N)c4C3=O)c(C)c2)ccc1NN=C1C=Cc2c(S(=O)(=O)O)cc(S(=O)(=O)O)c(N)c2C1=O.[Na+]. The summed E-state index contributed by atoms with van der Waals surface area (Å²) >= 11 is 0. The number of rotatable bonds is 9. The summed E-state index contributed by atoms with van der Waals surface area (Å²) in [5.41, 5.74) is 16.6. The molecule has 2 aliphatic carbocycles. The van der Waals surface area contributed by atoms with Crippen LogP contribution in [0, 0.1) is 13.8 Å². The number of nitrogens with two attached hydrogens (primary N) is 2. The fourth-order valence-corrected chi connectivity index (χ4v) is 8.96. The van der Waals surface area contributed by atoms with Gasteiger partial charge in [0.05, 0.1) is 33.9 Å². The van der Waals surface area contributed by atoms with Crippen LogP contribution >= 0.6 is 0 Å². The largest absolute Gasteiger partial charge is 1.00 e. The molecule has 20 nitrogen and oxygen atoms in total.